The molecule has 2 heterocycles. The number of para-hydroxylation sites is 1. The van der Waals surface area contributed by atoms with E-state index in [2.05, 4.69) is 182 Å². The highest BCUT2D eigenvalue weighted by Gasteiger charge is 2.21. The molecule has 10 aromatic carbocycles. The molecule has 0 fully saturated rings. The van der Waals surface area contributed by atoms with Gasteiger partial charge in [0.2, 0.25) is 0 Å². The molecular weight excluding hydrogens is 673 g/mol. The predicted molar refractivity (Wildman–Crippen MR) is 233 cm³/mol. The van der Waals surface area contributed by atoms with Gasteiger partial charge in [-0.3, -0.25) is 0 Å². The molecule has 1 nitrogen and oxygen atoms in total. The van der Waals surface area contributed by atoms with Gasteiger partial charge < -0.3 is 4.42 Å². The third-order valence-electron chi connectivity index (χ3n) is 11.4. The molecule has 0 amide bonds. The van der Waals surface area contributed by atoms with Crippen LogP contribution >= 0.6 is 11.3 Å². The van der Waals surface area contributed by atoms with Gasteiger partial charge in [0.25, 0.3) is 0 Å². The molecular formula is C52H30OS. The van der Waals surface area contributed by atoms with Crippen molar-refractivity contribution in [1.82, 2.24) is 0 Å². The summed E-state index contributed by atoms with van der Waals surface area (Å²) < 4.78 is 9.26. The number of hydrogen-bond acceptors (Lipinski definition) is 2. The zero-order valence-electron chi connectivity index (χ0n) is 29.1. The maximum Gasteiger partial charge on any atom is 0.145 e. The Morgan fingerprint density at radius 2 is 0.889 bits per heavy atom. The molecule has 0 unspecified atom stereocenters. The number of benzene rings is 10. The molecule has 0 saturated heterocycles. The minimum atomic E-state index is 0.930. The lowest BCUT2D eigenvalue weighted by atomic mass is 9.85. The monoisotopic (exact) mass is 702 g/mol. The van der Waals surface area contributed by atoms with Crippen molar-refractivity contribution < 1.29 is 4.42 Å². The van der Waals surface area contributed by atoms with Crippen molar-refractivity contribution >= 4 is 96.5 Å². The van der Waals surface area contributed by atoms with Crippen molar-refractivity contribution in [1.29, 1.82) is 0 Å². The Morgan fingerprint density at radius 3 is 1.63 bits per heavy atom. The van der Waals surface area contributed by atoms with Crippen molar-refractivity contribution in [3.63, 3.8) is 0 Å². The highest BCUT2D eigenvalue weighted by Crippen LogP contribution is 2.48. The molecule has 0 aliphatic heterocycles. The first-order chi connectivity index (χ1) is 26.8. The van der Waals surface area contributed by atoms with E-state index < -0.39 is 0 Å². The number of rotatable bonds is 3. The van der Waals surface area contributed by atoms with E-state index in [0.29, 0.717) is 0 Å². The molecule has 12 rings (SSSR count). The molecule has 54 heavy (non-hydrogen) atoms. The molecule has 2 aromatic heterocycles. The van der Waals surface area contributed by atoms with Crippen LogP contribution in [-0.4, -0.2) is 0 Å². The standard InChI is InChI=1S/C52H30OS/c1-2-13-32-28-36(25-24-31(32)12-1)48-39-18-5-3-16-37(39)47(38-17-4-6-19-40(38)48)35-15-11-14-33(29-35)34-26-27-46-44(30-34)50-51-49(43-22-9-10-23-45(43)53-51)41-20-7-8-21-42(41)52(50)54-46/h1-30H. The largest absolute Gasteiger partial charge is 0.455 e. The molecule has 12 aromatic rings. The zero-order chi connectivity index (χ0) is 35.3. The van der Waals surface area contributed by atoms with Gasteiger partial charge in [-0.1, -0.05) is 152 Å². The van der Waals surface area contributed by atoms with Gasteiger partial charge in [-0.25, -0.2) is 0 Å². The third kappa shape index (κ3) is 4.26. The van der Waals surface area contributed by atoms with Crippen LogP contribution in [0, 0.1) is 0 Å². The van der Waals surface area contributed by atoms with Crippen LogP contribution in [0.4, 0.5) is 0 Å². The first-order valence-electron chi connectivity index (χ1n) is 18.5. The van der Waals surface area contributed by atoms with E-state index in [9.17, 15) is 0 Å². The zero-order valence-corrected chi connectivity index (χ0v) is 30.0. The Kier molecular flexibility index (Phi) is 6.28. The number of thiophene rings is 1. The Hall–Kier alpha value is -6.74. The van der Waals surface area contributed by atoms with Crippen LogP contribution < -0.4 is 0 Å². The van der Waals surface area contributed by atoms with Gasteiger partial charge in [-0.15, -0.1) is 11.3 Å². The smallest absolute Gasteiger partial charge is 0.145 e. The lowest BCUT2D eigenvalue weighted by molar-refractivity contribution is 0.673. The summed E-state index contributed by atoms with van der Waals surface area (Å²) in [4.78, 5) is 0. The van der Waals surface area contributed by atoms with Gasteiger partial charge in [0.1, 0.15) is 11.2 Å². The van der Waals surface area contributed by atoms with Crippen molar-refractivity contribution in [3.05, 3.63) is 182 Å². The highest BCUT2D eigenvalue weighted by atomic mass is 32.1. The van der Waals surface area contributed by atoms with Gasteiger partial charge in [-0.05, 0) is 101 Å². The van der Waals surface area contributed by atoms with E-state index >= 15 is 0 Å². The Labute approximate surface area is 314 Å². The second-order valence-corrected chi connectivity index (χ2v) is 15.4. The van der Waals surface area contributed by atoms with Crippen molar-refractivity contribution in [2.45, 2.75) is 0 Å². The van der Waals surface area contributed by atoms with Crippen LogP contribution in [-0.2, 0) is 0 Å². The summed E-state index contributed by atoms with van der Waals surface area (Å²) in [6, 6.07) is 66.7. The number of fused-ring (bicyclic) bond motifs is 13. The summed E-state index contributed by atoms with van der Waals surface area (Å²) in [7, 11) is 0. The molecule has 0 radical (unpaired) electrons. The fourth-order valence-electron chi connectivity index (χ4n) is 9.03. The molecule has 0 saturated carbocycles. The van der Waals surface area contributed by atoms with Crippen LogP contribution in [0.15, 0.2) is 186 Å². The maximum atomic E-state index is 6.71. The summed E-state index contributed by atoms with van der Waals surface area (Å²) in [5.74, 6) is 0. The van der Waals surface area contributed by atoms with E-state index in [1.165, 1.54) is 107 Å². The van der Waals surface area contributed by atoms with E-state index in [1.807, 2.05) is 11.3 Å². The van der Waals surface area contributed by atoms with Gasteiger partial charge >= 0.3 is 0 Å². The average Bonchev–Trinajstić information content (AvgIpc) is 3.82. The predicted octanol–water partition coefficient (Wildman–Crippen LogP) is 15.6. The van der Waals surface area contributed by atoms with Crippen LogP contribution in [0.2, 0.25) is 0 Å². The van der Waals surface area contributed by atoms with Gasteiger partial charge in [0.05, 0.1) is 0 Å². The molecule has 0 N–H and O–H groups in total. The fourth-order valence-corrected chi connectivity index (χ4v) is 10.2. The van der Waals surface area contributed by atoms with Gasteiger partial charge in [0, 0.05) is 36.3 Å². The SMILES string of the molecule is c1cc(-c2ccc3sc4c5ccccc5c5c6ccccc6oc5c4c3c2)cc(-c2c3ccccc3c(-c3ccc4ccccc4c3)c3ccccc23)c1. The lowest BCUT2D eigenvalue weighted by Gasteiger charge is -2.18. The van der Waals surface area contributed by atoms with E-state index in [-0.39, 0.29) is 0 Å². The van der Waals surface area contributed by atoms with Crippen molar-refractivity contribution in [3.8, 4) is 33.4 Å². The van der Waals surface area contributed by atoms with Gasteiger partial charge in [-0.2, -0.15) is 0 Å². The van der Waals surface area contributed by atoms with Crippen LogP contribution in [0.5, 0.6) is 0 Å². The molecule has 2 heteroatoms. The Balaban J connectivity index is 1.08. The normalized spacial score (nSPS) is 12.1. The molecule has 0 bridgehead atoms. The first-order valence-corrected chi connectivity index (χ1v) is 19.3. The summed E-state index contributed by atoms with van der Waals surface area (Å²) in [5.41, 5.74) is 9.31. The van der Waals surface area contributed by atoms with Gasteiger partial charge in [0.15, 0.2) is 0 Å². The van der Waals surface area contributed by atoms with Crippen LogP contribution in [0.1, 0.15) is 0 Å². The number of hydrogen-bond donors (Lipinski definition) is 0. The molecule has 0 atom stereocenters. The summed E-state index contributed by atoms with van der Waals surface area (Å²) >= 11 is 1.86. The summed E-state index contributed by atoms with van der Waals surface area (Å²) in [6.07, 6.45) is 0. The molecule has 0 aliphatic rings. The minimum absolute atomic E-state index is 0.930. The van der Waals surface area contributed by atoms with Crippen molar-refractivity contribution in [2.24, 2.45) is 0 Å². The summed E-state index contributed by atoms with van der Waals surface area (Å²) in [5, 5.41) is 14.9. The third-order valence-corrected chi connectivity index (χ3v) is 12.6. The second-order valence-electron chi connectivity index (χ2n) is 14.3. The average molecular weight is 703 g/mol. The maximum absolute atomic E-state index is 6.71. The Morgan fingerprint density at radius 1 is 0.333 bits per heavy atom. The van der Waals surface area contributed by atoms with Crippen LogP contribution in [0.25, 0.3) is 119 Å². The molecule has 0 aliphatic carbocycles. The fraction of sp³-hybridized carbons (Fsp3) is 0. The first kappa shape index (κ1) is 29.8. The highest BCUT2D eigenvalue weighted by molar-refractivity contribution is 7.27. The minimum Gasteiger partial charge on any atom is -0.455 e. The van der Waals surface area contributed by atoms with E-state index in [4.69, 9.17) is 4.42 Å². The quantitative estimate of drug-likeness (QED) is 0.167. The lowest BCUT2D eigenvalue weighted by Crippen LogP contribution is -1.91. The molecule has 250 valence electrons. The number of furan rings is 1. The Bertz CT molecular complexity index is 3450. The summed E-state index contributed by atoms with van der Waals surface area (Å²) in [6.45, 7) is 0. The molecule has 0 spiro atoms. The topological polar surface area (TPSA) is 13.1 Å². The van der Waals surface area contributed by atoms with Crippen molar-refractivity contribution in [2.75, 3.05) is 0 Å². The second kappa shape index (κ2) is 11.4. The van der Waals surface area contributed by atoms with E-state index in [0.717, 1.165) is 11.2 Å². The van der Waals surface area contributed by atoms with Crippen LogP contribution in [0.3, 0.4) is 0 Å². The van der Waals surface area contributed by atoms with E-state index in [1.54, 1.807) is 0 Å².